The molecule has 6 heteroatoms. The van der Waals surface area contributed by atoms with Crippen LogP contribution < -0.4 is 4.90 Å². The van der Waals surface area contributed by atoms with Crippen LogP contribution in [0.2, 0.25) is 0 Å². The van der Waals surface area contributed by atoms with Gasteiger partial charge in [-0.3, -0.25) is 9.59 Å². The highest BCUT2D eigenvalue weighted by atomic mass is 19.1. The van der Waals surface area contributed by atoms with Crippen LogP contribution >= 0.6 is 0 Å². The molecule has 2 heterocycles. The van der Waals surface area contributed by atoms with Crippen molar-refractivity contribution in [2.24, 2.45) is 0 Å². The molecule has 0 aromatic heterocycles. The fourth-order valence-corrected chi connectivity index (χ4v) is 3.54. The van der Waals surface area contributed by atoms with Gasteiger partial charge >= 0.3 is 0 Å². The molecule has 0 aliphatic carbocycles. The third-order valence-electron chi connectivity index (χ3n) is 5.09. The van der Waals surface area contributed by atoms with Crippen molar-refractivity contribution in [3.63, 3.8) is 0 Å². The number of anilines is 1. The molecule has 0 saturated carbocycles. The summed E-state index contributed by atoms with van der Waals surface area (Å²) in [6.45, 7) is 4.17. The van der Waals surface area contributed by atoms with E-state index in [-0.39, 0.29) is 24.1 Å². The normalized spacial score (nSPS) is 18.8. The van der Waals surface area contributed by atoms with Crippen molar-refractivity contribution in [2.75, 3.05) is 44.2 Å². The molecule has 0 atom stereocenters. The molecule has 0 spiro atoms. The highest BCUT2D eigenvalue weighted by molar-refractivity contribution is 5.97. The van der Waals surface area contributed by atoms with E-state index in [9.17, 15) is 14.0 Å². The van der Waals surface area contributed by atoms with Crippen LogP contribution in [0.5, 0.6) is 0 Å². The van der Waals surface area contributed by atoms with E-state index in [1.54, 1.807) is 17.0 Å². The molecular weight excluding hydrogens is 321 g/mol. The number of halogens is 1. The third kappa shape index (κ3) is 4.71. The van der Waals surface area contributed by atoms with E-state index in [1.165, 1.54) is 25.0 Å². The average molecular weight is 347 g/mol. The zero-order valence-corrected chi connectivity index (χ0v) is 14.6. The van der Waals surface area contributed by atoms with E-state index in [0.29, 0.717) is 26.2 Å². The summed E-state index contributed by atoms with van der Waals surface area (Å²) in [6, 6.07) is 6.42. The van der Waals surface area contributed by atoms with E-state index < -0.39 is 0 Å². The Morgan fingerprint density at radius 3 is 1.84 bits per heavy atom. The minimum Gasteiger partial charge on any atom is -0.368 e. The van der Waals surface area contributed by atoms with Crippen LogP contribution in [0.4, 0.5) is 10.1 Å². The van der Waals surface area contributed by atoms with Gasteiger partial charge in [-0.25, -0.2) is 4.39 Å². The minimum absolute atomic E-state index is 0.0173. The van der Waals surface area contributed by atoms with Gasteiger partial charge in [-0.1, -0.05) is 12.8 Å². The number of amides is 2. The van der Waals surface area contributed by atoms with Crippen molar-refractivity contribution in [1.29, 1.82) is 0 Å². The third-order valence-corrected chi connectivity index (χ3v) is 5.09. The van der Waals surface area contributed by atoms with Gasteiger partial charge < -0.3 is 14.7 Å². The van der Waals surface area contributed by atoms with Gasteiger partial charge in [0.25, 0.3) is 0 Å². The van der Waals surface area contributed by atoms with Crippen LogP contribution in [-0.2, 0) is 9.59 Å². The largest absolute Gasteiger partial charge is 0.368 e. The molecule has 5 nitrogen and oxygen atoms in total. The number of hydrogen-bond donors (Lipinski definition) is 0. The van der Waals surface area contributed by atoms with Crippen molar-refractivity contribution in [3.8, 4) is 0 Å². The molecule has 2 amide bonds. The SMILES string of the molecule is O=C(CC(=O)N1CCN(c2ccc(F)cc2)CC1)N1CCCCCC1. The van der Waals surface area contributed by atoms with Gasteiger partial charge in [0, 0.05) is 45.0 Å². The molecule has 0 unspecified atom stereocenters. The topological polar surface area (TPSA) is 43.9 Å². The molecule has 0 bridgehead atoms. The van der Waals surface area contributed by atoms with Crippen LogP contribution in [-0.4, -0.2) is 60.9 Å². The van der Waals surface area contributed by atoms with Crippen LogP contribution in [0.15, 0.2) is 24.3 Å². The summed E-state index contributed by atoms with van der Waals surface area (Å²) in [6.07, 6.45) is 4.40. The minimum atomic E-state index is -0.246. The Kier molecular flexibility index (Phi) is 5.89. The van der Waals surface area contributed by atoms with Gasteiger partial charge in [0.1, 0.15) is 12.2 Å². The highest BCUT2D eigenvalue weighted by Crippen LogP contribution is 2.17. The molecule has 2 aliphatic heterocycles. The first kappa shape index (κ1) is 17.7. The van der Waals surface area contributed by atoms with Gasteiger partial charge in [-0.15, -0.1) is 0 Å². The van der Waals surface area contributed by atoms with Crippen LogP contribution in [0, 0.1) is 5.82 Å². The lowest BCUT2D eigenvalue weighted by atomic mass is 10.2. The maximum absolute atomic E-state index is 13.0. The average Bonchev–Trinajstić information content (AvgIpc) is 2.92. The summed E-state index contributed by atoms with van der Waals surface area (Å²) in [5, 5.41) is 0. The molecule has 0 N–H and O–H groups in total. The zero-order valence-electron chi connectivity index (χ0n) is 14.6. The molecule has 25 heavy (non-hydrogen) atoms. The number of likely N-dealkylation sites (tertiary alicyclic amines) is 1. The maximum Gasteiger partial charge on any atom is 0.232 e. The van der Waals surface area contributed by atoms with E-state index >= 15 is 0 Å². The summed E-state index contributed by atoms with van der Waals surface area (Å²) in [5.41, 5.74) is 0.967. The molecule has 0 radical (unpaired) electrons. The monoisotopic (exact) mass is 347 g/mol. The van der Waals surface area contributed by atoms with Gasteiger partial charge in [-0.2, -0.15) is 0 Å². The Hall–Kier alpha value is -2.11. The first-order valence-electron chi connectivity index (χ1n) is 9.19. The van der Waals surface area contributed by atoms with E-state index in [4.69, 9.17) is 0 Å². The van der Waals surface area contributed by atoms with Gasteiger partial charge in [0.05, 0.1) is 0 Å². The van der Waals surface area contributed by atoms with E-state index in [1.807, 2.05) is 4.90 Å². The second-order valence-corrected chi connectivity index (χ2v) is 6.82. The van der Waals surface area contributed by atoms with Gasteiger partial charge in [0.15, 0.2) is 0 Å². The molecule has 2 fully saturated rings. The van der Waals surface area contributed by atoms with E-state index in [0.717, 1.165) is 31.6 Å². The fourth-order valence-electron chi connectivity index (χ4n) is 3.54. The predicted octanol–water partition coefficient (Wildman–Crippen LogP) is 2.27. The summed E-state index contributed by atoms with van der Waals surface area (Å²) in [5.74, 6) is -0.356. The second-order valence-electron chi connectivity index (χ2n) is 6.82. The van der Waals surface area contributed by atoms with Crippen LogP contribution in [0.25, 0.3) is 0 Å². The quantitative estimate of drug-likeness (QED) is 0.788. The summed E-state index contributed by atoms with van der Waals surface area (Å²) < 4.78 is 13.0. The Labute approximate surface area is 148 Å². The Balaban J connectivity index is 1.47. The summed E-state index contributed by atoms with van der Waals surface area (Å²) in [7, 11) is 0. The number of carbonyl (C=O) groups is 2. The first-order valence-corrected chi connectivity index (χ1v) is 9.19. The molecule has 136 valence electrons. The fraction of sp³-hybridized carbons (Fsp3) is 0.579. The van der Waals surface area contributed by atoms with Gasteiger partial charge in [0.2, 0.25) is 11.8 Å². The second kappa shape index (κ2) is 8.32. The predicted molar refractivity (Wildman–Crippen MR) is 94.9 cm³/mol. The smallest absolute Gasteiger partial charge is 0.232 e. The molecule has 3 rings (SSSR count). The zero-order chi connectivity index (χ0) is 17.6. The number of benzene rings is 1. The standard InChI is InChI=1S/C19H26FN3O2/c20-16-5-7-17(8-6-16)21-11-13-23(14-12-21)19(25)15-18(24)22-9-3-1-2-4-10-22/h5-8H,1-4,9-15H2. The van der Waals surface area contributed by atoms with Crippen molar-refractivity contribution < 1.29 is 14.0 Å². The Morgan fingerprint density at radius 1 is 0.760 bits per heavy atom. The molecule has 1 aromatic rings. The number of rotatable bonds is 3. The highest BCUT2D eigenvalue weighted by Gasteiger charge is 2.25. The summed E-state index contributed by atoms with van der Waals surface area (Å²) >= 11 is 0. The molecule has 2 saturated heterocycles. The molecular formula is C19H26FN3O2. The summed E-state index contributed by atoms with van der Waals surface area (Å²) in [4.78, 5) is 30.5. The number of carbonyl (C=O) groups excluding carboxylic acids is 2. The van der Waals surface area contributed by atoms with Crippen molar-refractivity contribution in [2.45, 2.75) is 32.1 Å². The Morgan fingerprint density at radius 2 is 1.28 bits per heavy atom. The number of piperazine rings is 1. The number of hydrogen-bond acceptors (Lipinski definition) is 3. The van der Waals surface area contributed by atoms with Crippen molar-refractivity contribution >= 4 is 17.5 Å². The molecule has 1 aromatic carbocycles. The van der Waals surface area contributed by atoms with Crippen molar-refractivity contribution in [3.05, 3.63) is 30.1 Å². The number of nitrogens with zero attached hydrogens (tertiary/aromatic N) is 3. The van der Waals surface area contributed by atoms with Crippen LogP contribution in [0.1, 0.15) is 32.1 Å². The first-order chi connectivity index (χ1) is 12.1. The lowest BCUT2D eigenvalue weighted by Crippen LogP contribution is -2.49. The van der Waals surface area contributed by atoms with Crippen LogP contribution in [0.3, 0.4) is 0 Å². The Bertz CT molecular complexity index is 589. The lowest BCUT2D eigenvalue weighted by molar-refractivity contribution is -0.140. The van der Waals surface area contributed by atoms with Gasteiger partial charge in [-0.05, 0) is 37.1 Å². The van der Waals surface area contributed by atoms with Crippen molar-refractivity contribution in [1.82, 2.24) is 9.80 Å². The van der Waals surface area contributed by atoms with E-state index in [2.05, 4.69) is 4.90 Å². The maximum atomic E-state index is 13.0. The lowest BCUT2D eigenvalue weighted by Gasteiger charge is -2.36. The molecule has 2 aliphatic rings.